The van der Waals surface area contributed by atoms with Gasteiger partial charge in [-0.25, -0.2) is 0 Å². The molecule has 0 saturated heterocycles. The Labute approximate surface area is 104 Å². The molecule has 0 spiro atoms. The van der Waals surface area contributed by atoms with Crippen molar-refractivity contribution in [1.29, 1.82) is 0 Å². The first-order chi connectivity index (χ1) is 2.83. The van der Waals surface area contributed by atoms with Crippen molar-refractivity contribution in [2.75, 3.05) is 0 Å². The zero-order chi connectivity index (χ0) is 5.41. The Morgan fingerprint density at radius 2 is 0.615 bits per heavy atom. The molecule has 0 rings (SSSR count). The minimum Gasteiger partial charge on any atom is 2.00 e. The van der Waals surface area contributed by atoms with Gasteiger partial charge in [-0.3, -0.25) is 0 Å². The van der Waals surface area contributed by atoms with Crippen LogP contribution in [0, 0.1) is 0 Å². The van der Waals surface area contributed by atoms with Gasteiger partial charge in [0.1, 0.15) is 0 Å². The van der Waals surface area contributed by atoms with Gasteiger partial charge in [-0.1, -0.05) is 0 Å². The number of hydrogen-bond acceptors (Lipinski definition) is 4. The smallest absolute Gasteiger partial charge is 2.00 e. The molecule has 13 heavy (non-hydrogen) atoms. The van der Waals surface area contributed by atoms with Crippen molar-refractivity contribution in [1.82, 2.24) is 0 Å². The fourth-order valence-corrected chi connectivity index (χ4v) is 0. The van der Waals surface area contributed by atoms with Crippen molar-refractivity contribution in [2.24, 2.45) is 0 Å². The van der Waals surface area contributed by atoms with E-state index in [0.29, 0.717) is 0 Å². The molecule has 0 aromatic rings. The molecule has 13 heteroatoms. The van der Waals surface area contributed by atoms with Crippen LogP contribution in [-0.2, 0) is 9.41 Å². The van der Waals surface area contributed by atoms with Crippen molar-refractivity contribution in [3.63, 3.8) is 0 Å². The first kappa shape index (κ1) is 108. The Balaban J connectivity index is -0.00000000229. The Kier molecular flexibility index (Phi) is 2390. The molecule has 80 valence electrons. The third-order valence-electron chi connectivity index (χ3n) is 0. The van der Waals surface area contributed by atoms with E-state index in [2.05, 4.69) is 0 Å². The summed E-state index contributed by atoms with van der Waals surface area (Å²) < 4.78 is 16.5. The average Bonchev–Trinajstić information content (AvgIpc) is 1.39. The van der Waals surface area contributed by atoms with Crippen molar-refractivity contribution in [3.8, 4) is 0 Å². The molecule has 0 aliphatic rings. The van der Waals surface area contributed by atoms with Crippen LogP contribution in [0.5, 0.6) is 0 Å². The van der Waals surface area contributed by atoms with Crippen LogP contribution in [0.4, 0.5) is 0 Å². The molecule has 0 aliphatic carbocycles. The third-order valence-corrected chi connectivity index (χ3v) is 0. The maximum atomic E-state index is 8.25. The molecule has 12 N–H and O–H groups in total. The molecular weight excluding hydrogens is 222 g/mol. The summed E-state index contributed by atoms with van der Waals surface area (Å²) in [5, 5.41) is 16.5. The summed E-state index contributed by atoms with van der Waals surface area (Å²) in [5.41, 5.74) is 0. The Morgan fingerprint density at radius 1 is 0.615 bits per heavy atom. The molecule has 0 heterocycles. The zero-order valence-electron chi connectivity index (χ0n) is 6.49. The molecule has 0 fully saturated rings. The Bertz CT molecular complexity index is 33.9. The monoisotopic (exact) mass is 234 g/mol. The molecule has 0 aromatic heterocycles. The molecule has 0 saturated carbocycles. The van der Waals surface area contributed by atoms with Gasteiger partial charge in [0.05, 0.1) is 0 Å². The van der Waals surface area contributed by atoms with Gasteiger partial charge in [0, 0.05) is 0 Å². The summed E-state index contributed by atoms with van der Waals surface area (Å²) >= 11 is 0. The summed E-state index contributed by atoms with van der Waals surface area (Å²) in [5.74, 6) is 0. The molecule has 0 aliphatic heterocycles. The number of hydrogen-bond donors (Lipinski definition) is 0. The van der Waals surface area contributed by atoms with Gasteiger partial charge in [-0.2, -0.15) is 0 Å². The maximum absolute atomic E-state index is 8.25. The predicted molar refractivity (Wildman–Crippen MR) is 40.3 cm³/mol. The minimum atomic E-state index is -0.500. The maximum Gasteiger partial charge on any atom is 2.00 e. The summed E-state index contributed by atoms with van der Waals surface area (Å²) in [6, 6.07) is 0. The van der Waals surface area contributed by atoms with Crippen molar-refractivity contribution >= 4 is 52.4 Å². The fraction of sp³-hybridized carbons (Fsp3) is 0. The topological polar surface area (TPSA) is 269 Å². The van der Waals surface area contributed by atoms with Crippen LogP contribution < -0.4 is 10.0 Å². The molecule has 0 bridgehead atoms. The van der Waals surface area contributed by atoms with Gasteiger partial charge >= 0.3 is 71.9 Å². The minimum absolute atomic E-state index is 0. The second kappa shape index (κ2) is 288. The molecule has 0 radical (unpaired) electrons. The molecule has 0 atom stereocenters. The quantitative estimate of drug-likeness (QED) is 0.368. The predicted octanol–water partition coefficient (Wildman–Crippen LogP) is -8.71. The molecular formula is H12B2CaO10. The van der Waals surface area contributed by atoms with Crippen LogP contribution in [0.3, 0.4) is 0 Å². The molecule has 0 amide bonds. The van der Waals surface area contributed by atoms with E-state index in [1.807, 2.05) is 0 Å². The molecule has 0 unspecified atom stereocenters. The first-order valence-electron chi connectivity index (χ1n) is 0.943. The van der Waals surface area contributed by atoms with Crippen LogP contribution in [0.15, 0.2) is 0 Å². The zero-order valence-corrected chi connectivity index (χ0v) is 8.70. The van der Waals surface area contributed by atoms with Crippen molar-refractivity contribution in [2.45, 2.75) is 0 Å². The van der Waals surface area contributed by atoms with Gasteiger partial charge in [0.15, 0.2) is 0 Å². The largest absolute Gasteiger partial charge is 2.00 e. The summed E-state index contributed by atoms with van der Waals surface area (Å²) in [6.07, 6.45) is 0. The SMILES string of the molecule is O.O.O.O.O.O.O=B[O-].O=B[O-].[Ca+2]. The van der Waals surface area contributed by atoms with Gasteiger partial charge in [-0.15, -0.1) is 0 Å². The van der Waals surface area contributed by atoms with E-state index in [-0.39, 0.29) is 70.6 Å². The van der Waals surface area contributed by atoms with Crippen LogP contribution in [0.1, 0.15) is 0 Å². The summed E-state index contributed by atoms with van der Waals surface area (Å²) in [6.45, 7) is 0. The second-order valence-corrected chi connectivity index (χ2v) is 0.192. The van der Waals surface area contributed by atoms with Gasteiger partial charge in [0.2, 0.25) is 0 Å². The van der Waals surface area contributed by atoms with Gasteiger partial charge in [-0.05, 0) is 0 Å². The summed E-state index contributed by atoms with van der Waals surface area (Å²) in [7, 11) is -1.00. The normalized spacial score (nSPS) is 1.23. The van der Waals surface area contributed by atoms with E-state index in [0.717, 1.165) is 0 Å². The van der Waals surface area contributed by atoms with E-state index in [1.165, 1.54) is 0 Å². The van der Waals surface area contributed by atoms with Gasteiger partial charge < -0.3 is 32.9 Å². The third kappa shape index (κ3) is 10800. The van der Waals surface area contributed by atoms with Crippen molar-refractivity contribution < 1.29 is 52.3 Å². The van der Waals surface area contributed by atoms with E-state index in [1.54, 1.807) is 0 Å². The Hall–Kier alpha value is 0.350. The Morgan fingerprint density at radius 3 is 0.615 bits per heavy atom. The molecule has 0 aromatic carbocycles. The van der Waals surface area contributed by atoms with Crippen LogP contribution in [0.25, 0.3) is 0 Å². The fourth-order valence-electron chi connectivity index (χ4n) is 0. The van der Waals surface area contributed by atoms with E-state index in [4.69, 9.17) is 19.5 Å². The first-order valence-corrected chi connectivity index (χ1v) is 0.943. The average molecular weight is 234 g/mol. The van der Waals surface area contributed by atoms with Crippen molar-refractivity contribution in [3.05, 3.63) is 0 Å². The number of rotatable bonds is 0. The van der Waals surface area contributed by atoms with E-state index >= 15 is 0 Å². The van der Waals surface area contributed by atoms with Crippen LogP contribution >= 0.6 is 0 Å². The van der Waals surface area contributed by atoms with E-state index in [9.17, 15) is 0 Å². The van der Waals surface area contributed by atoms with E-state index < -0.39 is 14.7 Å². The second-order valence-electron chi connectivity index (χ2n) is 0.192. The van der Waals surface area contributed by atoms with Crippen LogP contribution in [0.2, 0.25) is 0 Å². The summed E-state index contributed by atoms with van der Waals surface area (Å²) in [4.78, 5) is 0. The molecule has 10 nitrogen and oxygen atoms in total. The standard InChI is InChI=1S/2BO2.Ca.6H2O/c2*2-1-3;;;;;;;/h;;;6*1H2/q2*-1;+2;;;;;;. The van der Waals surface area contributed by atoms with Crippen LogP contribution in [-0.4, -0.2) is 85.3 Å². The van der Waals surface area contributed by atoms with Gasteiger partial charge in [0.25, 0.3) is 0 Å².